The molecule has 0 radical (unpaired) electrons. The second kappa shape index (κ2) is 7.82. The van der Waals surface area contributed by atoms with E-state index < -0.39 is 0 Å². The molecule has 1 atom stereocenters. The van der Waals surface area contributed by atoms with Crippen LogP contribution in [0.1, 0.15) is 37.1 Å². The molecular formula is C22H26N6O. The molecule has 0 bridgehead atoms. The summed E-state index contributed by atoms with van der Waals surface area (Å²) in [7, 11) is 0. The van der Waals surface area contributed by atoms with Crippen molar-refractivity contribution in [3.05, 3.63) is 69.8 Å². The predicted molar refractivity (Wildman–Crippen MR) is 111 cm³/mol. The van der Waals surface area contributed by atoms with Crippen LogP contribution in [0.5, 0.6) is 0 Å². The smallest absolute Gasteiger partial charge is 0.272 e. The average molecular weight is 390 g/mol. The average Bonchev–Trinajstić information content (AvgIpc) is 3.11. The lowest BCUT2D eigenvalue weighted by atomic mass is 9.79. The first-order valence-electron chi connectivity index (χ1n) is 9.96. The van der Waals surface area contributed by atoms with Crippen LogP contribution in [0.25, 0.3) is 5.65 Å². The molecule has 1 unspecified atom stereocenters. The van der Waals surface area contributed by atoms with E-state index in [-0.39, 0.29) is 11.0 Å². The molecule has 4 rings (SSSR count). The number of fused-ring (bicyclic) bond motifs is 1. The van der Waals surface area contributed by atoms with E-state index in [0.29, 0.717) is 29.5 Å². The Morgan fingerprint density at radius 2 is 2.14 bits per heavy atom. The summed E-state index contributed by atoms with van der Waals surface area (Å²) in [6, 6.07) is 14.5. The Bertz CT molecular complexity index is 1090. The normalized spacial score (nSPS) is 19.3. The highest BCUT2D eigenvalue weighted by Crippen LogP contribution is 2.30. The molecule has 0 spiro atoms. The third kappa shape index (κ3) is 4.09. The Kier molecular flexibility index (Phi) is 5.22. The van der Waals surface area contributed by atoms with Gasteiger partial charge in [0.2, 0.25) is 0 Å². The lowest BCUT2D eigenvalue weighted by Gasteiger charge is -2.44. The van der Waals surface area contributed by atoms with Crippen LogP contribution in [0, 0.1) is 16.7 Å². The van der Waals surface area contributed by atoms with Crippen LogP contribution in [0.3, 0.4) is 0 Å². The zero-order chi connectivity index (χ0) is 20.4. The molecule has 0 saturated carbocycles. The largest absolute Gasteiger partial charge is 0.308 e. The van der Waals surface area contributed by atoms with E-state index in [1.807, 2.05) is 6.07 Å². The van der Waals surface area contributed by atoms with Crippen LogP contribution >= 0.6 is 0 Å². The van der Waals surface area contributed by atoms with Gasteiger partial charge in [-0.25, -0.2) is 9.50 Å². The van der Waals surface area contributed by atoms with Gasteiger partial charge in [0.1, 0.15) is 11.6 Å². The highest BCUT2D eigenvalue weighted by Gasteiger charge is 2.35. The molecule has 7 heteroatoms. The first-order valence-corrected chi connectivity index (χ1v) is 9.96. The summed E-state index contributed by atoms with van der Waals surface area (Å²) in [5.74, 6) is 0. The third-order valence-corrected chi connectivity index (χ3v) is 5.76. The number of nitrogens with zero attached hydrogens (tertiary/aromatic N) is 4. The van der Waals surface area contributed by atoms with Crippen molar-refractivity contribution < 1.29 is 0 Å². The topological polar surface area (TPSA) is 89.2 Å². The second-order valence-corrected chi connectivity index (χ2v) is 8.45. The fourth-order valence-corrected chi connectivity index (χ4v) is 4.25. The van der Waals surface area contributed by atoms with Crippen LogP contribution in [0.15, 0.2) is 47.4 Å². The van der Waals surface area contributed by atoms with Crippen molar-refractivity contribution in [3.8, 4) is 6.07 Å². The summed E-state index contributed by atoms with van der Waals surface area (Å²) < 4.78 is 1.30. The summed E-state index contributed by atoms with van der Waals surface area (Å²) in [4.78, 5) is 19.3. The molecule has 0 aliphatic carbocycles. The molecule has 2 N–H and O–H groups in total. The molecule has 3 aromatic rings. The zero-order valence-corrected chi connectivity index (χ0v) is 16.9. The summed E-state index contributed by atoms with van der Waals surface area (Å²) >= 11 is 0. The monoisotopic (exact) mass is 390 g/mol. The quantitative estimate of drug-likeness (QED) is 0.698. The Labute approximate surface area is 170 Å². The van der Waals surface area contributed by atoms with Crippen molar-refractivity contribution in [3.63, 3.8) is 0 Å². The maximum atomic E-state index is 12.3. The molecule has 0 amide bonds. The maximum absolute atomic E-state index is 12.3. The van der Waals surface area contributed by atoms with E-state index in [2.05, 4.69) is 64.5 Å². The number of hydrogen-bond acceptors (Lipinski definition) is 5. The Morgan fingerprint density at radius 1 is 1.34 bits per heavy atom. The minimum Gasteiger partial charge on any atom is -0.308 e. The Hall–Kier alpha value is -2.95. The molecule has 1 saturated heterocycles. The van der Waals surface area contributed by atoms with Gasteiger partial charge in [0, 0.05) is 44.5 Å². The van der Waals surface area contributed by atoms with Crippen molar-refractivity contribution in [1.29, 1.82) is 5.26 Å². The number of likely N-dealkylation sites (tertiary alicyclic amines) is 1. The lowest BCUT2D eigenvalue weighted by Crippen LogP contribution is -2.53. The molecule has 3 heterocycles. The van der Waals surface area contributed by atoms with Crippen molar-refractivity contribution in [2.24, 2.45) is 5.41 Å². The summed E-state index contributed by atoms with van der Waals surface area (Å²) in [5.41, 5.74) is 2.65. The van der Waals surface area contributed by atoms with Gasteiger partial charge in [0.05, 0.1) is 5.69 Å². The van der Waals surface area contributed by atoms with Gasteiger partial charge in [-0.05, 0) is 17.4 Å². The predicted octanol–water partition coefficient (Wildman–Crippen LogP) is 2.28. The van der Waals surface area contributed by atoms with Crippen molar-refractivity contribution in [2.75, 3.05) is 13.1 Å². The van der Waals surface area contributed by atoms with Crippen LogP contribution in [0.4, 0.5) is 0 Å². The van der Waals surface area contributed by atoms with Crippen LogP contribution < -0.4 is 10.9 Å². The first kappa shape index (κ1) is 19.4. The van der Waals surface area contributed by atoms with Gasteiger partial charge in [-0.3, -0.25) is 14.8 Å². The number of nitrogens with one attached hydrogen (secondary N) is 2. The first-order chi connectivity index (χ1) is 14.0. The molecule has 1 fully saturated rings. The van der Waals surface area contributed by atoms with Gasteiger partial charge in [-0.15, -0.1) is 0 Å². The fraction of sp³-hybridized carbons (Fsp3) is 0.409. The fourth-order valence-electron chi connectivity index (χ4n) is 4.25. The number of aromatic nitrogens is 3. The second-order valence-electron chi connectivity index (χ2n) is 8.45. The summed E-state index contributed by atoms with van der Waals surface area (Å²) in [6.45, 7) is 8.08. The van der Waals surface area contributed by atoms with E-state index in [9.17, 15) is 10.1 Å². The van der Waals surface area contributed by atoms with E-state index in [1.54, 1.807) is 0 Å². The van der Waals surface area contributed by atoms with Crippen molar-refractivity contribution >= 4 is 5.65 Å². The third-order valence-electron chi connectivity index (χ3n) is 5.76. The van der Waals surface area contributed by atoms with Gasteiger partial charge >= 0.3 is 0 Å². The highest BCUT2D eigenvalue weighted by atomic mass is 16.1. The van der Waals surface area contributed by atoms with Gasteiger partial charge in [0.15, 0.2) is 5.65 Å². The molecule has 29 heavy (non-hydrogen) atoms. The molecular weight excluding hydrogens is 364 g/mol. The minimum absolute atomic E-state index is 0.0953. The number of hydrogen-bond donors (Lipinski definition) is 2. The van der Waals surface area contributed by atoms with E-state index in [1.165, 1.54) is 22.3 Å². The Balaban J connectivity index is 1.42. The molecule has 2 aromatic heterocycles. The number of nitriles is 1. The standard InChI is InChI=1S/C22H26N6O/c1-22(2)15-27(14-16-6-4-3-5-7-16)9-8-19(22)24-13-18-10-20(29)28-21(26-18)17(11-23)12-25-28/h3-7,10,12,19,24-25H,8-9,13-15H2,1-2H3. The molecule has 1 aliphatic rings. The van der Waals surface area contributed by atoms with Gasteiger partial charge in [-0.1, -0.05) is 44.2 Å². The number of benzene rings is 1. The Morgan fingerprint density at radius 3 is 2.86 bits per heavy atom. The van der Waals surface area contributed by atoms with E-state index in [0.717, 1.165) is 26.1 Å². The van der Waals surface area contributed by atoms with E-state index in [4.69, 9.17) is 0 Å². The molecule has 1 aromatic carbocycles. The SMILES string of the molecule is CC1(C)CN(Cc2ccccc2)CCC1NCc1cc(=O)n2[nH]cc(C#N)c2n1. The molecule has 7 nitrogen and oxygen atoms in total. The number of piperidine rings is 1. The number of rotatable bonds is 5. The van der Waals surface area contributed by atoms with Crippen LogP contribution in [0.2, 0.25) is 0 Å². The van der Waals surface area contributed by atoms with Gasteiger partial charge < -0.3 is 5.32 Å². The van der Waals surface area contributed by atoms with E-state index >= 15 is 0 Å². The lowest BCUT2D eigenvalue weighted by molar-refractivity contribution is 0.0718. The van der Waals surface area contributed by atoms with Gasteiger partial charge in [0.25, 0.3) is 5.56 Å². The number of H-pyrrole nitrogens is 1. The molecule has 1 aliphatic heterocycles. The molecule has 150 valence electrons. The van der Waals surface area contributed by atoms with Crippen molar-refractivity contribution in [1.82, 2.24) is 24.8 Å². The highest BCUT2D eigenvalue weighted by molar-refractivity contribution is 5.53. The zero-order valence-electron chi connectivity index (χ0n) is 16.9. The maximum Gasteiger partial charge on any atom is 0.272 e. The van der Waals surface area contributed by atoms with Crippen LogP contribution in [-0.2, 0) is 13.1 Å². The summed E-state index contributed by atoms with van der Waals surface area (Å²) in [6.07, 6.45) is 2.54. The minimum atomic E-state index is -0.203. The summed E-state index contributed by atoms with van der Waals surface area (Å²) in [5, 5.41) is 15.6. The van der Waals surface area contributed by atoms with Crippen LogP contribution in [-0.4, -0.2) is 38.6 Å². The van der Waals surface area contributed by atoms with Crippen molar-refractivity contribution in [2.45, 2.75) is 39.4 Å². The number of aromatic amines is 1. The van der Waals surface area contributed by atoms with Gasteiger partial charge in [-0.2, -0.15) is 5.26 Å².